The fourth-order valence-electron chi connectivity index (χ4n) is 4.09. The summed E-state index contributed by atoms with van der Waals surface area (Å²) >= 11 is 0. The first-order valence-corrected chi connectivity index (χ1v) is 7.39. The van der Waals surface area contributed by atoms with E-state index in [1.807, 2.05) is 0 Å². The van der Waals surface area contributed by atoms with Gasteiger partial charge >= 0.3 is 23.9 Å². The van der Waals surface area contributed by atoms with Crippen LogP contribution in [-0.2, 0) is 23.9 Å². The Hall–Kier alpha value is -2.44. The maximum absolute atomic E-state index is 12.0. The van der Waals surface area contributed by atoms with Gasteiger partial charge < -0.3 is 14.9 Å². The molecule has 2 fully saturated rings. The van der Waals surface area contributed by atoms with Gasteiger partial charge in [0.2, 0.25) is 0 Å². The highest BCUT2D eigenvalue weighted by Crippen LogP contribution is 2.51. The van der Waals surface area contributed by atoms with Crippen LogP contribution in [0.15, 0.2) is 22.3 Å². The molecule has 0 aromatic carbocycles. The predicted octanol–water partition coefficient (Wildman–Crippen LogP) is 1.14. The van der Waals surface area contributed by atoms with Crippen LogP contribution in [0.4, 0.5) is 0 Å². The standard InChI is InChI=1S/C16H16O7/c1-5-3-7(13(17)18)11(14(19)20)9-6(2)4-8-12(10(5)9)16(22)23-15(8)21/h5,7-8,11H,3-4H2,1-2H3,(H,17,18)(H,19,20). The quantitative estimate of drug-likeness (QED) is 0.578. The van der Waals surface area contributed by atoms with Crippen molar-refractivity contribution in [3.05, 3.63) is 22.3 Å². The van der Waals surface area contributed by atoms with Crippen molar-refractivity contribution < 1.29 is 34.1 Å². The number of hydrogen-bond acceptors (Lipinski definition) is 5. The zero-order valence-electron chi connectivity index (χ0n) is 12.7. The van der Waals surface area contributed by atoms with Gasteiger partial charge in [-0.25, -0.2) is 4.79 Å². The van der Waals surface area contributed by atoms with E-state index in [-0.39, 0.29) is 24.3 Å². The third kappa shape index (κ3) is 2.10. The lowest BCUT2D eigenvalue weighted by Gasteiger charge is -2.39. The summed E-state index contributed by atoms with van der Waals surface area (Å²) < 4.78 is 4.70. The van der Waals surface area contributed by atoms with E-state index in [1.54, 1.807) is 13.8 Å². The van der Waals surface area contributed by atoms with Crippen LogP contribution >= 0.6 is 0 Å². The van der Waals surface area contributed by atoms with Crippen LogP contribution in [0.2, 0.25) is 0 Å². The molecular formula is C16H16O7. The first kappa shape index (κ1) is 15.5. The molecule has 0 radical (unpaired) electrons. The molecule has 3 aliphatic rings. The third-order valence-corrected chi connectivity index (χ3v) is 4.99. The molecule has 0 amide bonds. The van der Waals surface area contributed by atoms with Crippen LogP contribution < -0.4 is 0 Å². The predicted molar refractivity (Wildman–Crippen MR) is 75.0 cm³/mol. The molecule has 1 saturated carbocycles. The highest BCUT2D eigenvalue weighted by Gasteiger charge is 2.52. The number of esters is 2. The van der Waals surface area contributed by atoms with Gasteiger partial charge in [0.15, 0.2) is 0 Å². The minimum absolute atomic E-state index is 0.107. The van der Waals surface area contributed by atoms with Gasteiger partial charge in [0.05, 0.1) is 23.3 Å². The molecule has 0 aromatic rings. The van der Waals surface area contributed by atoms with E-state index in [9.17, 15) is 29.4 Å². The second-order valence-corrected chi connectivity index (χ2v) is 6.38. The van der Waals surface area contributed by atoms with Gasteiger partial charge in [0.25, 0.3) is 0 Å². The van der Waals surface area contributed by atoms with Gasteiger partial charge in [0.1, 0.15) is 0 Å². The van der Waals surface area contributed by atoms with Crippen molar-refractivity contribution >= 4 is 23.9 Å². The lowest BCUT2D eigenvalue weighted by Crippen LogP contribution is -2.40. The van der Waals surface area contributed by atoms with Crippen molar-refractivity contribution in [2.45, 2.75) is 26.7 Å². The van der Waals surface area contributed by atoms with Gasteiger partial charge in [-0.3, -0.25) is 14.4 Å². The number of hydrogen-bond donors (Lipinski definition) is 2. The summed E-state index contributed by atoms with van der Waals surface area (Å²) in [5.74, 6) is -7.03. The van der Waals surface area contributed by atoms with Crippen molar-refractivity contribution in [3.8, 4) is 0 Å². The van der Waals surface area contributed by atoms with Crippen molar-refractivity contribution in [1.29, 1.82) is 0 Å². The molecule has 4 unspecified atom stereocenters. The third-order valence-electron chi connectivity index (χ3n) is 4.99. The van der Waals surface area contributed by atoms with Gasteiger partial charge in [-0.05, 0) is 36.8 Å². The zero-order chi connectivity index (χ0) is 17.0. The lowest BCUT2D eigenvalue weighted by molar-refractivity contribution is -0.153. The molecule has 1 aliphatic heterocycles. The highest BCUT2D eigenvalue weighted by atomic mass is 16.6. The summed E-state index contributed by atoms with van der Waals surface area (Å²) in [5.41, 5.74) is 1.75. The van der Waals surface area contributed by atoms with E-state index in [0.29, 0.717) is 16.7 Å². The highest BCUT2D eigenvalue weighted by molar-refractivity contribution is 6.09. The number of allylic oxidation sites excluding steroid dienone is 2. The van der Waals surface area contributed by atoms with Gasteiger partial charge in [-0.1, -0.05) is 12.5 Å². The fraction of sp³-hybridized carbons (Fsp3) is 0.500. The summed E-state index contributed by atoms with van der Waals surface area (Å²) in [6.07, 6.45) is 0.303. The Balaban J connectivity index is 2.23. The van der Waals surface area contributed by atoms with Crippen molar-refractivity contribution in [1.82, 2.24) is 0 Å². The van der Waals surface area contributed by atoms with Crippen LogP contribution in [0.1, 0.15) is 26.7 Å². The number of carboxylic acid groups (broad SMARTS) is 2. The van der Waals surface area contributed by atoms with E-state index in [2.05, 4.69) is 0 Å². The molecule has 0 spiro atoms. The number of carboxylic acids is 2. The van der Waals surface area contributed by atoms with E-state index >= 15 is 0 Å². The summed E-state index contributed by atoms with van der Waals surface area (Å²) in [5, 5.41) is 18.9. The molecule has 0 aromatic heterocycles. The molecule has 4 atom stereocenters. The minimum atomic E-state index is -1.23. The largest absolute Gasteiger partial charge is 0.481 e. The van der Waals surface area contributed by atoms with Crippen molar-refractivity contribution in [2.24, 2.45) is 23.7 Å². The first-order chi connectivity index (χ1) is 10.7. The van der Waals surface area contributed by atoms with E-state index in [1.165, 1.54) is 0 Å². The molecule has 7 nitrogen and oxygen atoms in total. The monoisotopic (exact) mass is 320 g/mol. The molecule has 0 bridgehead atoms. The number of aliphatic carboxylic acids is 2. The second kappa shape index (κ2) is 5.04. The number of carbonyl (C=O) groups excluding carboxylic acids is 2. The summed E-state index contributed by atoms with van der Waals surface area (Å²) in [4.78, 5) is 47.1. The maximum atomic E-state index is 12.0. The Kier molecular flexibility index (Phi) is 3.39. The Morgan fingerprint density at radius 3 is 2.30 bits per heavy atom. The topological polar surface area (TPSA) is 118 Å². The Morgan fingerprint density at radius 2 is 1.74 bits per heavy atom. The molecule has 2 aliphatic carbocycles. The second-order valence-electron chi connectivity index (χ2n) is 6.38. The van der Waals surface area contributed by atoms with Crippen molar-refractivity contribution in [2.75, 3.05) is 0 Å². The molecule has 1 saturated heterocycles. The molecule has 122 valence electrons. The van der Waals surface area contributed by atoms with Crippen LogP contribution in [-0.4, -0.2) is 34.1 Å². The van der Waals surface area contributed by atoms with Gasteiger partial charge in [-0.15, -0.1) is 0 Å². The number of rotatable bonds is 2. The summed E-state index contributed by atoms with van der Waals surface area (Å²) in [6.45, 7) is 3.44. The fourth-order valence-corrected chi connectivity index (χ4v) is 4.09. The zero-order valence-corrected chi connectivity index (χ0v) is 12.7. The van der Waals surface area contributed by atoms with Crippen LogP contribution in [0.3, 0.4) is 0 Å². The van der Waals surface area contributed by atoms with Crippen molar-refractivity contribution in [3.63, 3.8) is 0 Å². The number of cyclic esters (lactones) is 2. The molecular weight excluding hydrogens is 304 g/mol. The molecule has 7 heteroatoms. The number of ether oxygens (including phenoxy) is 1. The van der Waals surface area contributed by atoms with Gasteiger partial charge in [-0.2, -0.15) is 0 Å². The van der Waals surface area contributed by atoms with Gasteiger partial charge in [0, 0.05) is 0 Å². The minimum Gasteiger partial charge on any atom is -0.481 e. The van der Waals surface area contributed by atoms with E-state index in [4.69, 9.17) is 4.74 Å². The average Bonchev–Trinajstić information content (AvgIpc) is 2.72. The summed E-state index contributed by atoms with van der Waals surface area (Å²) in [6, 6.07) is 0. The SMILES string of the molecule is CC1=C2C(=C3C(=O)OC(=O)C3C1)C(C)CC(C(=O)O)C2C(=O)O. The first-order valence-electron chi connectivity index (χ1n) is 7.39. The number of carbonyl (C=O) groups is 4. The van der Waals surface area contributed by atoms with Crippen LogP contribution in [0.25, 0.3) is 0 Å². The molecule has 3 rings (SSSR count). The van der Waals surface area contributed by atoms with Crippen LogP contribution in [0, 0.1) is 23.7 Å². The normalized spacial score (nSPS) is 33.3. The van der Waals surface area contributed by atoms with E-state index < -0.39 is 41.6 Å². The maximum Gasteiger partial charge on any atom is 0.342 e. The number of fused-ring (bicyclic) bond motifs is 2. The Bertz CT molecular complexity index is 712. The lowest BCUT2D eigenvalue weighted by atomic mass is 9.62. The Labute approximate surface area is 131 Å². The van der Waals surface area contributed by atoms with E-state index in [0.717, 1.165) is 0 Å². The average molecular weight is 320 g/mol. The van der Waals surface area contributed by atoms with Crippen LogP contribution in [0.5, 0.6) is 0 Å². The molecule has 1 heterocycles. The Morgan fingerprint density at radius 1 is 1.09 bits per heavy atom. The molecule has 23 heavy (non-hydrogen) atoms. The summed E-state index contributed by atoms with van der Waals surface area (Å²) in [7, 11) is 0. The smallest absolute Gasteiger partial charge is 0.342 e. The molecule has 2 N–H and O–H groups in total.